The molecule has 4 nitrogen and oxygen atoms in total. The molecule has 100 valence electrons. The molecule has 1 aromatic carbocycles. The highest BCUT2D eigenvalue weighted by atomic mass is 32.2. The molecule has 0 bridgehead atoms. The summed E-state index contributed by atoms with van der Waals surface area (Å²) in [5, 5.41) is 3.09. The fourth-order valence-electron chi connectivity index (χ4n) is 1.98. The van der Waals surface area contributed by atoms with Crippen LogP contribution in [0.25, 0.3) is 0 Å². The van der Waals surface area contributed by atoms with E-state index in [4.69, 9.17) is 0 Å². The van der Waals surface area contributed by atoms with Gasteiger partial charge in [-0.2, -0.15) is 0 Å². The van der Waals surface area contributed by atoms with Gasteiger partial charge in [-0.15, -0.1) is 0 Å². The number of nitrogens with one attached hydrogen (secondary N) is 1. The van der Waals surface area contributed by atoms with Crippen molar-refractivity contribution in [2.75, 3.05) is 23.9 Å². The maximum Gasteiger partial charge on any atom is 0.241 e. The van der Waals surface area contributed by atoms with E-state index in [1.54, 1.807) is 19.9 Å². The summed E-state index contributed by atoms with van der Waals surface area (Å²) in [6.45, 7) is 4.61. The van der Waals surface area contributed by atoms with E-state index in [2.05, 4.69) is 5.32 Å². The SMILES string of the molecule is CC1(C)CNCCN(c2cccc(F)c2)S1(=O)=O. The van der Waals surface area contributed by atoms with E-state index < -0.39 is 20.6 Å². The molecule has 6 heteroatoms. The molecule has 0 aliphatic carbocycles. The molecule has 18 heavy (non-hydrogen) atoms. The Hall–Kier alpha value is -1.14. The number of hydrogen-bond acceptors (Lipinski definition) is 3. The normalized spacial score (nSPS) is 22.5. The fourth-order valence-corrected chi connectivity index (χ4v) is 3.58. The number of rotatable bonds is 1. The van der Waals surface area contributed by atoms with Crippen LogP contribution in [0.3, 0.4) is 0 Å². The van der Waals surface area contributed by atoms with Gasteiger partial charge in [0.25, 0.3) is 0 Å². The second-order valence-electron chi connectivity index (χ2n) is 4.99. The molecule has 0 atom stereocenters. The Labute approximate surface area is 107 Å². The van der Waals surface area contributed by atoms with Crippen LogP contribution in [-0.4, -0.2) is 32.8 Å². The van der Waals surface area contributed by atoms with Gasteiger partial charge in [0.05, 0.1) is 10.4 Å². The van der Waals surface area contributed by atoms with Crippen LogP contribution in [0.5, 0.6) is 0 Å². The lowest BCUT2D eigenvalue weighted by Crippen LogP contribution is -2.46. The Kier molecular flexibility index (Phi) is 3.33. The highest BCUT2D eigenvalue weighted by Crippen LogP contribution is 2.28. The number of anilines is 1. The van der Waals surface area contributed by atoms with Gasteiger partial charge in [0.2, 0.25) is 10.0 Å². The van der Waals surface area contributed by atoms with Crippen molar-refractivity contribution in [1.29, 1.82) is 0 Å². The predicted octanol–water partition coefficient (Wildman–Crippen LogP) is 1.34. The van der Waals surface area contributed by atoms with Gasteiger partial charge in [-0.1, -0.05) is 6.07 Å². The molecule has 1 aliphatic rings. The summed E-state index contributed by atoms with van der Waals surface area (Å²) in [6.07, 6.45) is 0. The van der Waals surface area contributed by atoms with Gasteiger partial charge >= 0.3 is 0 Å². The lowest BCUT2D eigenvalue weighted by molar-refractivity contribution is 0.535. The smallest absolute Gasteiger partial charge is 0.241 e. The number of hydrogen-bond donors (Lipinski definition) is 1. The third-order valence-corrected chi connectivity index (χ3v) is 5.64. The topological polar surface area (TPSA) is 49.4 Å². The van der Waals surface area contributed by atoms with Gasteiger partial charge in [0, 0.05) is 19.6 Å². The van der Waals surface area contributed by atoms with Crippen LogP contribution in [0.1, 0.15) is 13.8 Å². The summed E-state index contributed by atoms with van der Waals surface area (Å²) in [5.41, 5.74) is 0.381. The predicted molar refractivity (Wildman–Crippen MR) is 69.6 cm³/mol. The Bertz CT molecular complexity index is 543. The minimum Gasteiger partial charge on any atom is -0.313 e. The molecular formula is C12H17FN2O2S. The average molecular weight is 272 g/mol. The third-order valence-electron chi connectivity index (χ3n) is 3.13. The summed E-state index contributed by atoms with van der Waals surface area (Å²) in [7, 11) is -3.50. The van der Waals surface area contributed by atoms with Gasteiger partial charge in [0.1, 0.15) is 5.82 Å². The van der Waals surface area contributed by atoms with Crippen molar-refractivity contribution in [2.45, 2.75) is 18.6 Å². The van der Waals surface area contributed by atoms with Gasteiger partial charge in [-0.25, -0.2) is 12.8 Å². The first-order valence-electron chi connectivity index (χ1n) is 5.83. The standard InChI is InChI=1S/C12H17FN2O2S/c1-12(2)9-14-6-7-15(18(12,16)17)11-5-3-4-10(13)8-11/h3-5,8,14H,6-7,9H2,1-2H3. The van der Waals surface area contributed by atoms with Crippen molar-refractivity contribution in [3.05, 3.63) is 30.1 Å². The summed E-state index contributed by atoms with van der Waals surface area (Å²) in [6, 6.07) is 5.68. The molecule has 0 spiro atoms. The summed E-state index contributed by atoms with van der Waals surface area (Å²) in [4.78, 5) is 0. The molecule has 1 saturated heterocycles. The number of sulfonamides is 1. The Morgan fingerprint density at radius 3 is 2.78 bits per heavy atom. The number of halogens is 1. The van der Waals surface area contributed by atoms with E-state index in [1.165, 1.54) is 22.5 Å². The summed E-state index contributed by atoms with van der Waals surface area (Å²) >= 11 is 0. The zero-order valence-electron chi connectivity index (χ0n) is 10.5. The van der Waals surface area contributed by atoms with Crippen molar-refractivity contribution < 1.29 is 12.8 Å². The van der Waals surface area contributed by atoms with Gasteiger partial charge in [0.15, 0.2) is 0 Å². The van der Waals surface area contributed by atoms with E-state index in [1.807, 2.05) is 0 Å². The molecule has 0 amide bonds. The highest BCUT2D eigenvalue weighted by molar-refractivity contribution is 7.94. The molecule has 0 radical (unpaired) electrons. The molecule has 1 aromatic rings. The maximum absolute atomic E-state index is 13.2. The van der Waals surface area contributed by atoms with Crippen LogP contribution in [0, 0.1) is 5.82 Å². The van der Waals surface area contributed by atoms with Gasteiger partial charge in [-0.05, 0) is 32.0 Å². The zero-order valence-corrected chi connectivity index (χ0v) is 11.3. The van der Waals surface area contributed by atoms with Crippen molar-refractivity contribution in [1.82, 2.24) is 5.32 Å². The van der Waals surface area contributed by atoms with Crippen molar-refractivity contribution in [2.24, 2.45) is 0 Å². The Morgan fingerprint density at radius 1 is 1.39 bits per heavy atom. The molecule has 0 unspecified atom stereocenters. The Morgan fingerprint density at radius 2 is 2.11 bits per heavy atom. The molecule has 1 heterocycles. The largest absolute Gasteiger partial charge is 0.313 e. The van der Waals surface area contributed by atoms with Crippen molar-refractivity contribution in [3.63, 3.8) is 0 Å². The summed E-state index contributed by atoms with van der Waals surface area (Å²) in [5.74, 6) is -0.433. The second-order valence-corrected chi connectivity index (χ2v) is 7.49. The molecule has 0 saturated carbocycles. The molecule has 2 rings (SSSR count). The van der Waals surface area contributed by atoms with Crippen LogP contribution in [0.15, 0.2) is 24.3 Å². The summed E-state index contributed by atoms with van der Waals surface area (Å²) < 4.78 is 38.7. The van der Waals surface area contributed by atoms with Crippen LogP contribution in [0.4, 0.5) is 10.1 Å². The second kappa shape index (κ2) is 4.51. The molecule has 1 aliphatic heterocycles. The van der Waals surface area contributed by atoms with E-state index in [0.29, 0.717) is 25.3 Å². The fraction of sp³-hybridized carbons (Fsp3) is 0.500. The zero-order chi connectivity index (χ0) is 13.4. The average Bonchev–Trinajstić information content (AvgIpc) is 2.37. The van der Waals surface area contributed by atoms with Gasteiger partial charge < -0.3 is 5.32 Å². The van der Waals surface area contributed by atoms with E-state index >= 15 is 0 Å². The molecule has 1 fully saturated rings. The minimum absolute atomic E-state index is 0.315. The molecule has 1 N–H and O–H groups in total. The van der Waals surface area contributed by atoms with E-state index in [-0.39, 0.29) is 0 Å². The lowest BCUT2D eigenvalue weighted by Gasteiger charge is -2.30. The maximum atomic E-state index is 13.2. The highest BCUT2D eigenvalue weighted by Gasteiger charge is 2.41. The first kappa shape index (κ1) is 13.3. The lowest BCUT2D eigenvalue weighted by atomic mass is 10.2. The van der Waals surface area contributed by atoms with Crippen LogP contribution >= 0.6 is 0 Å². The minimum atomic E-state index is -3.50. The third kappa shape index (κ3) is 2.22. The van der Waals surface area contributed by atoms with Crippen LogP contribution in [-0.2, 0) is 10.0 Å². The van der Waals surface area contributed by atoms with E-state index in [9.17, 15) is 12.8 Å². The van der Waals surface area contributed by atoms with E-state index in [0.717, 1.165) is 0 Å². The van der Waals surface area contributed by atoms with Crippen molar-refractivity contribution in [3.8, 4) is 0 Å². The van der Waals surface area contributed by atoms with Crippen LogP contribution < -0.4 is 9.62 Å². The molecule has 0 aromatic heterocycles. The first-order valence-corrected chi connectivity index (χ1v) is 7.27. The first-order chi connectivity index (χ1) is 8.34. The van der Waals surface area contributed by atoms with Crippen molar-refractivity contribution >= 4 is 15.7 Å². The molecular weight excluding hydrogens is 255 g/mol. The number of nitrogens with zero attached hydrogens (tertiary/aromatic N) is 1. The Balaban J connectivity index is 2.48. The van der Waals surface area contributed by atoms with Crippen LogP contribution in [0.2, 0.25) is 0 Å². The number of benzene rings is 1. The monoisotopic (exact) mass is 272 g/mol. The quantitative estimate of drug-likeness (QED) is 0.839. The van der Waals surface area contributed by atoms with Gasteiger partial charge in [-0.3, -0.25) is 4.31 Å².